The summed E-state index contributed by atoms with van der Waals surface area (Å²) in [5.74, 6) is 0.528. The number of ketones is 1. The molecule has 2 heteroatoms. The van der Waals surface area contributed by atoms with E-state index in [2.05, 4.69) is 18.0 Å². The third kappa shape index (κ3) is 2.45. The second kappa shape index (κ2) is 4.58. The van der Waals surface area contributed by atoms with Gasteiger partial charge in [-0.3, -0.25) is 4.79 Å². The molecule has 0 N–H and O–H groups in total. The Morgan fingerprint density at radius 2 is 1.93 bits per heavy atom. The molecule has 1 saturated heterocycles. The molecule has 2 nitrogen and oxygen atoms in total. The first-order valence-corrected chi connectivity index (χ1v) is 5.46. The molecular weight excluding hydrogens is 186 g/mol. The van der Waals surface area contributed by atoms with Gasteiger partial charge >= 0.3 is 0 Å². The van der Waals surface area contributed by atoms with E-state index in [0.29, 0.717) is 5.78 Å². The molecule has 0 spiro atoms. The number of nitrogens with zero attached hydrogens (tertiary/aromatic N) is 1. The Balaban J connectivity index is 2.03. The number of carbonyl (C=O) groups is 1. The van der Waals surface area contributed by atoms with Crippen LogP contribution in [0.2, 0.25) is 0 Å². The molecule has 0 aromatic heterocycles. The maximum Gasteiger partial charge on any atom is 0.166 e. The third-order valence-electron chi connectivity index (χ3n) is 3.09. The van der Waals surface area contributed by atoms with Gasteiger partial charge < -0.3 is 4.90 Å². The lowest BCUT2D eigenvalue weighted by atomic mass is 9.89. The molecule has 0 amide bonds. The van der Waals surface area contributed by atoms with Gasteiger partial charge in [-0.2, -0.15) is 0 Å². The molecular formula is C13H16NO. The summed E-state index contributed by atoms with van der Waals surface area (Å²) in [6.45, 7) is 2.07. The third-order valence-corrected chi connectivity index (χ3v) is 3.09. The zero-order chi connectivity index (χ0) is 10.7. The van der Waals surface area contributed by atoms with Crippen LogP contribution in [0.3, 0.4) is 0 Å². The summed E-state index contributed by atoms with van der Waals surface area (Å²) < 4.78 is 0. The Hall–Kier alpha value is -1.15. The lowest BCUT2D eigenvalue weighted by Crippen LogP contribution is -2.33. The molecule has 0 atom stereocenters. The van der Waals surface area contributed by atoms with E-state index < -0.39 is 0 Å². The minimum Gasteiger partial charge on any atom is -0.306 e. The Labute approximate surface area is 90.9 Å². The zero-order valence-electron chi connectivity index (χ0n) is 9.07. The molecule has 0 aliphatic carbocycles. The molecule has 1 fully saturated rings. The van der Waals surface area contributed by atoms with E-state index in [-0.39, 0.29) is 5.92 Å². The molecule has 79 valence electrons. The van der Waals surface area contributed by atoms with Gasteiger partial charge in [0.15, 0.2) is 5.78 Å². The van der Waals surface area contributed by atoms with E-state index in [1.54, 1.807) is 0 Å². The molecule has 2 rings (SSSR count). The van der Waals surface area contributed by atoms with E-state index in [1.165, 1.54) is 0 Å². The first-order chi connectivity index (χ1) is 7.27. The summed E-state index contributed by atoms with van der Waals surface area (Å²) in [4.78, 5) is 14.4. The largest absolute Gasteiger partial charge is 0.306 e. The van der Waals surface area contributed by atoms with Gasteiger partial charge in [-0.25, -0.2) is 0 Å². The van der Waals surface area contributed by atoms with Crippen LogP contribution in [-0.4, -0.2) is 30.8 Å². The molecule has 1 aromatic rings. The molecule has 0 saturated carbocycles. The van der Waals surface area contributed by atoms with Crippen LogP contribution in [0.15, 0.2) is 24.3 Å². The first kappa shape index (κ1) is 10.4. The van der Waals surface area contributed by atoms with Crippen LogP contribution in [0.5, 0.6) is 0 Å². The maximum atomic E-state index is 12.1. The summed E-state index contributed by atoms with van der Waals surface area (Å²) in [6.07, 6.45) is 1.99. The fourth-order valence-corrected chi connectivity index (χ4v) is 2.06. The van der Waals surface area contributed by atoms with Gasteiger partial charge in [0.05, 0.1) is 0 Å². The second-order valence-electron chi connectivity index (χ2n) is 4.23. The number of likely N-dealkylation sites (tertiary alicyclic amines) is 1. The Kier molecular flexibility index (Phi) is 3.17. The van der Waals surface area contributed by atoms with E-state index in [0.717, 1.165) is 31.5 Å². The van der Waals surface area contributed by atoms with Crippen molar-refractivity contribution in [1.82, 2.24) is 4.90 Å². The van der Waals surface area contributed by atoms with Crippen molar-refractivity contribution < 1.29 is 4.79 Å². The average molecular weight is 202 g/mol. The van der Waals surface area contributed by atoms with Crippen molar-refractivity contribution in [2.24, 2.45) is 5.92 Å². The predicted octanol–water partition coefficient (Wildman–Crippen LogP) is 2.01. The van der Waals surface area contributed by atoms with Crippen LogP contribution in [0, 0.1) is 12.0 Å². The molecule has 0 unspecified atom stereocenters. The van der Waals surface area contributed by atoms with Crippen molar-refractivity contribution >= 4 is 5.78 Å². The number of piperidine rings is 1. The van der Waals surface area contributed by atoms with E-state index in [4.69, 9.17) is 0 Å². The van der Waals surface area contributed by atoms with Crippen molar-refractivity contribution in [1.29, 1.82) is 0 Å². The summed E-state index contributed by atoms with van der Waals surface area (Å²) >= 11 is 0. The van der Waals surface area contributed by atoms with Crippen molar-refractivity contribution in [3.8, 4) is 0 Å². The van der Waals surface area contributed by atoms with Gasteiger partial charge in [-0.1, -0.05) is 24.3 Å². The van der Waals surface area contributed by atoms with Crippen LogP contribution in [0.4, 0.5) is 0 Å². The van der Waals surface area contributed by atoms with Crippen molar-refractivity contribution in [3.63, 3.8) is 0 Å². The van der Waals surface area contributed by atoms with Crippen LogP contribution in [0.25, 0.3) is 0 Å². The normalized spacial score (nSPS) is 19.0. The highest BCUT2D eigenvalue weighted by Crippen LogP contribution is 2.20. The van der Waals surface area contributed by atoms with Gasteiger partial charge in [0.2, 0.25) is 0 Å². The van der Waals surface area contributed by atoms with Gasteiger partial charge in [-0.15, -0.1) is 0 Å². The molecule has 15 heavy (non-hydrogen) atoms. The minimum absolute atomic E-state index is 0.226. The van der Waals surface area contributed by atoms with Gasteiger partial charge in [0, 0.05) is 11.5 Å². The number of hydrogen-bond donors (Lipinski definition) is 0. The quantitative estimate of drug-likeness (QED) is 0.684. The monoisotopic (exact) mass is 202 g/mol. The van der Waals surface area contributed by atoms with Gasteiger partial charge in [0.1, 0.15) is 0 Å². The number of benzene rings is 1. The van der Waals surface area contributed by atoms with Crippen LogP contribution < -0.4 is 0 Å². The molecule has 1 aliphatic heterocycles. The zero-order valence-corrected chi connectivity index (χ0v) is 9.07. The fourth-order valence-electron chi connectivity index (χ4n) is 2.06. The van der Waals surface area contributed by atoms with Crippen molar-refractivity contribution in [3.05, 3.63) is 35.9 Å². The smallest absolute Gasteiger partial charge is 0.166 e. The highest BCUT2D eigenvalue weighted by molar-refractivity contribution is 5.97. The number of carbonyl (C=O) groups excluding carboxylic acids is 1. The van der Waals surface area contributed by atoms with E-state index in [1.807, 2.05) is 24.3 Å². The molecule has 1 radical (unpaired) electrons. The lowest BCUT2D eigenvalue weighted by molar-refractivity contribution is 0.0857. The molecule has 1 aromatic carbocycles. The lowest BCUT2D eigenvalue weighted by Gasteiger charge is -2.27. The summed E-state index contributed by atoms with van der Waals surface area (Å²) in [7, 11) is 2.11. The maximum absolute atomic E-state index is 12.1. The summed E-state index contributed by atoms with van der Waals surface area (Å²) in [5.41, 5.74) is 0.836. The minimum atomic E-state index is 0.226. The van der Waals surface area contributed by atoms with Crippen molar-refractivity contribution in [2.45, 2.75) is 12.8 Å². The highest BCUT2D eigenvalue weighted by atomic mass is 16.1. The fraction of sp³-hybridized carbons (Fsp3) is 0.462. The average Bonchev–Trinajstić information content (AvgIpc) is 2.30. The Morgan fingerprint density at radius 1 is 1.33 bits per heavy atom. The molecule has 1 aliphatic rings. The van der Waals surface area contributed by atoms with E-state index in [9.17, 15) is 4.79 Å². The summed E-state index contributed by atoms with van der Waals surface area (Å²) in [5, 5.41) is 0. The molecule has 1 heterocycles. The highest BCUT2D eigenvalue weighted by Gasteiger charge is 2.23. The SMILES string of the molecule is CN1CCC(C(=O)c2cc[c]cc2)CC1. The molecule has 0 bridgehead atoms. The second-order valence-corrected chi connectivity index (χ2v) is 4.23. The van der Waals surface area contributed by atoms with Gasteiger partial charge in [0.25, 0.3) is 0 Å². The van der Waals surface area contributed by atoms with Crippen molar-refractivity contribution in [2.75, 3.05) is 20.1 Å². The summed E-state index contributed by atoms with van der Waals surface area (Å²) in [6, 6.07) is 10.3. The van der Waals surface area contributed by atoms with Gasteiger partial charge in [-0.05, 0) is 39.0 Å². The predicted molar refractivity (Wildman–Crippen MR) is 59.8 cm³/mol. The topological polar surface area (TPSA) is 20.3 Å². The Morgan fingerprint density at radius 3 is 2.53 bits per heavy atom. The first-order valence-electron chi connectivity index (χ1n) is 5.46. The standard InChI is InChI=1S/C13H16NO/c1-14-9-7-12(8-10-14)13(15)11-5-3-2-4-6-11/h3-6,12H,7-10H2,1H3. The van der Waals surface area contributed by atoms with E-state index >= 15 is 0 Å². The number of hydrogen-bond acceptors (Lipinski definition) is 2. The van der Waals surface area contributed by atoms with Crippen LogP contribution in [-0.2, 0) is 0 Å². The van der Waals surface area contributed by atoms with Crippen LogP contribution >= 0.6 is 0 Å². The Bertz CT molecular complexity index is 326. The number of Topliss-reactive ketones (excluding diaryl/α,β-unsaturated/α-hetero) is 1. The number of rotatable bonds is 2. The van der Waals surface area contributed by atoms with Crippen LogP contribution in [0.1, 0.15) is 23.2 Å².